The lowest BCUT2D eigenvalue weighted by molar-refractivity contribution is -0.127. The number of aromatic nitrogens is 2. The molecule has 0 fully saturated rings. The van der Waals surface area contributed by atoms with Gasteiger partial charge >= 0.3 is 0 Å². The highest BCUT2D eigenvalue weighted by Crippen LogP contribution is 2.22. The van der Waals surface area contributed by atoms with Crippen LogP contribution in [0, 0.1) is 0 Å². The molecule has 1 aromatic carbocycles. The van der Waals surface area contributed by atoms with Crippen molar-refractivity contribution in [1.82, 2.24) is 19.8 Å². The molecule has 5 nitrogen and oxygen atoms in total. The van der Waals surface area contributed by atoms with Gasteiger partial charge in [-0.1, -0.05) is 44.2 Å². The molecule has 5 heteroatoms. The van der Waals surface area contributed by atoms with Gasteiger partial charge in [0, 0.05) is 31.4 Å². The SMILES string of the molecule is CCN(CC)[C@@H](C(=O)N[C@@H]1CCc2nccn2C1)c1ccccc1. The van der Waals surface area contributed by atoms with E-state index in [4.69, 9.17) is 0 Å². The van der Waals surface area contributed by atoms with Crippen molar-refractivity contribution in [3.63, 3.8) is 0 Å². The molecule has 1 aliphatic rings. The number of hydrogen-bond donors (Lipinski definition) is 1. The zero-order valence-corrected chi connectivity index (χ0v) is 14.5. The van der Waals surface area contributed by atoms with E-state index in [0.29, 0.717) is 0 Å². The third-order valence-corrected chi connectivity index (χ3v) is 4.82. The molecule has 1 N–H and O–H groups in total. The normalized spacial score (nSPS) is 18.2. The average Bonchev–Trinajstić information content (AvgIpc) is 3.07. The summed E-state index contributed by atoms with van der Waals surface area (Å²) >= 11 is 0. The van der Waals surface area contributed by atoms with Crippen LogP contribution in [-0.2, 0) is 17.8 Å². The predicted octanol–water partition coefficient (Wildman–Crippen LogP) is 2.40. The van der Waals surface area contributed by atoms with Crippen LogP contribution in [0.5, 0.6) is 0 Å². The van der Waals surface area contributed by atoms with Gasteiger partial charge in [-0.3, -0.25) is 9.69 Å². The van der Waals surface area contributed by atoms with E-state index in [1.807, 2.05) is 42.7 Å². The number of imidazole rings is 1. The second-order valence-electron chi connectivity index (χ2n) is 6.27. The van der Waals surface area contributed by atoms with E-state index in [1.54, 1.807) is 0 Å². The number of carbonyl (C=O) groups is 1. The first kappa shape index (κ1) is 16.7. The van der Waals surface area contributed by atoms with E-state index in [0.717, 1.165) is 43.9 Å². The molecule has 0 radical (unpaired) electrons. The summed E-state index contributed by atoms with van der Waals surface area (Å²) in [4.78, 5) is 19.6. The van der Waals surface area contributed by atoms with Crippen molar-refractivity contribution in [3.05, 3.63) is 54.1 Å². The molecule has 0 unspecified atom stereocenters. The van der Waals surface area contributed by atoms with Crippen molar-refractivity contribution in [2.45, 2.75) is 45.3 Å². The maximum Gasteiger partial charge on any atom is 0.242 e. The third-order valence-electron chi connectivity index (χ3n) is 4.82. The number of amides is 1. The Morgan fingerprint density at radius 3 is 2.79 bits per heavy atom. The zero-order chi connectivity index (χ0) is 16.9. The second-order valence-corrected chi connectivity index (χ2v) is 6.27. The number of likely N-dealkylation sites (N-methyl/N-ethyl adjacent to an activating group) is 1. The zero-order valence-electron chi connectivity index (χ0n) is 14.5. The molecule has 24 heavy (non-hydrogen) atoms. The Bertz CT molecular complexity index is 663. The fourth-order valence-corrected chi connectivity index (χ4v) is 3.52. The van der Waals surface area contributed by atoms with Crippen LogP contribution < -0.4 is 5.32 Å². The first-order valence-corrected chi connectivity index (χ1v) is 8.82. The Kier molecular flexibility index (Phi) is 5.30. The van der Waals surface area contributed by atoms with Gasteiger partial charge in [-0.2, -0.15) is 0 Å². The molecule has 2 aromatic rings. The first-order chi connectivity index (χ1) is 11.7. The van der Waals surface area contributed by atoms with E-state index >= 15 is 0 Å². The summed E-state index contributed by atoms with van der Waals surface area (Å²) in [6.07, 6.45) is 5.69. The quantitative estimate of drug-likeness (QED) is 0.887. The number of carbonyl (C=O) groups excluding carboxylic acids is 1. The van der Waals surface area contributed by atoms with Gasteiger partial charge in [-0.15, -0.1) is 0 Å². The van der Waals surface area contributed by atoms with Crippen LogP contribution in [-0.4, -0.2) is 39.5 Å². The molecule has 3 rings (SSSR count). The van der Waals surface area contributed by atoms with Crippen molar-refractivity contribution in [2.24, 2.45) is 0 Å². The number of benzene rings is 1. The summed E-state index contributed by atoms with van der Waals surface area (Å²) < 4.78 is 2.14. The lowest BCUT2D eigenvalue weighted by Gasteiger charge is -2.32. The molecule has 0 bridgehead atoms. The van der Waals surface area contributed by atoms with E-state index in [1.165, 1.54) is 0 Å². The Labute approximate surface area is 143 Å². The first-order valence-electron chi connectivity index (χ1n) is 8.82. The minimum atomic E-state index is -0.231. The Morgan fingerprint density at radius 1 is 1.33 bits per heavy atom. The Morgan fingerprint density at radius 2 is 2.08 bits per heavy atom. The van der Waals surface area contributed by atoms with Gasteiger partial charge in [0.25, 0.3) is 0 Å². The molecular weight excluding hydrogens is 300 g/mol. The van der Waals surface area contributed by atoms with Gasteiger partial charge in [-0.25, -0.2) is 4.98 Å². The molecule has 128 valence electrons. The minimum absolute atomic E-state index is 0.0958. The van der Waals surface area contributed by atoms with Crippen LogP contribution in [0.1, 0.15) is 37.7 Å². The summed E-state index contributed by atoms with van der Waals surface area (Å²) in [5, 5.41) is 3.27. The lowest BCUT2D eigenvalue weighted by atomic mass is 10.0. The highest BCUT2D eigenvalue weighted by Gasteiger charge is 2.28. The van der Waals surface area contributed by atoms with Gasteiger partial charge in [0.15, 0.2) is 0 Å². The summed E-state index contributed by atoms with van der Waals surface area (Å²) in [6.45, 7) is 6.71. The average molecular weight is 326 g/mol. The summed E-state index contributed by atoms with van der Waals surface area (Å²) in [5.41, 5.74) is 1.05. The van der Waals surface area contributed by atoms with Crippen LogP contribution in [0.3, 0.4) is 0 Å². The monoisotopic (exact) mass is 326 g/mol. The molecule has 2 atom stereocenters. The highest BCUT2D eigenvalue weighted by atomic mass is 16.2. The molecule has 2 heterocycles. The van der Waals surface area contributed by atoms with E-state index in [-0.39, 0.29) is 18.0 Å². The maximum atomic E-state index is 13.0. The Balaban J connectivity index is 1.74. The molecule has 1 aromatic heterocycles. The van der Waals surface area contributed by atoms with Crippen LogP contribution in [0.4, 0.5) is 0 Å². The van der Waals surface area contributed by atoms with Gasteiger partial charge in [0.1, 0.15) is 11.9 Å². The molecular formula is C19H26N4O. The van der Waals surface area contributed by atoms with Crippen LogP contribution >= 0.6 is 0 Å². The largest absolute Gasteiger partial charge is 0.350 e. The van der Waals surface area contributed by atoms with E-state index in [9.17, 15) is 4.79 Å². The predicted molar refractivity (Wildman–Crippen MR) is 94.6 cm³/mol. The molecule has 0 spiro atoms. The van der Waals surface area contributed by atoms with Crippen molar-refractivity contribution >= 4 is 5.91 Å². The fraction of sp³-hybridized carbons (Fsp3) is 0.474. The maximum absolute atomic E-state index is 13.0. The molecule has 0 saturated carbocycles. The van der Waals surface area contributed by atoms with Gasteiger partial charge in [0.05, 0.1) is 0 Å². The molecule has 1 aliphatic heterocycles. The van der Waals surface area contributed by atoms with Gasteiger partial charge < -0.3 is 9.88 Å². The Hall–Kier alpha value is -2.14. The van der Waals surface area contributed by atoms with Crippen molar-refractivity contribution in [3.8, 4) is 0 Å². The van der Waals surface area contributed by atoms with Crippen LogP contribution in [0.25, 0.3) is 0 Å². The van der Waals surface area contributed by atoms with E-state index in [2.05, 4.69) is 33.6 Å². The third kappa shape index (κ3) is 3.51. The number of aryl methyl sites for hydroxylation is 1. The molecule has 0 aliphatic carbocycles. The summed E-state index contributed by atoms with van der Waals surface area (Å²) in [6, 6.07) is 10.00. The lowest BCUT2D eigenvalue weighted by Crippen LogP contribution is -2.47. The smallest absolute Gasteiger partial charge is 0.242 e. The summed E-state index contributed by atoms with van der Waals surface area (Å²) in [7, 11) is 0. The molecule has 0 saturated heterocycles. The standard InChI is InChI=1S/C19H26N4O/c1-3-22(4-2)18(15-8-6-5-7-9-15)19(24)21-16-10-11-17-20-12-13-23(17)14-16/h5-9,12-13,16,18H,3-4,10-11,14H2,1-2H3,(H,21,24)/t16-,18-/m1/s1. The topological polar surface area (TPSA) is 50.2 Å². The van der Waals surface area contributed by atoms with Crippen LogP contribution in [0.2, 0.25) is 0 Å². The van der Waals surface area contributed by atoms with Gasteiger partial charge in [0.2, 0.25) is 5.91 Å². The van der Waals surface area contributed by atoms with Crippen molar-refractivity contribution < 1.29 is 4.79 Å². The fourth-order valence-electron chi connectivity index (χ4n) is 3.52. The summed E-state index contributed by atoms with van der Waals surface area (Å²) in [5.74, 6) is 1.21. The van der Waals surface area contributed by atoms with Crippen LogP contribution in [0.15, 0.2) is 42.7 Å². The number of nitrogens with one attached hydrogen (secondary N) is 1. The number of rotatable bonds is 6. The van der Waals surface area contributed by atoms with Gasteiger partial charge in [-0.05, 0) is 25.1 Å². The number of fused-ring (bicyclic) bond motifs is 1. The number of nitrogens with zero attached hydrogens (tertiary/aromatic N) is 3. The minimum Gasteiger partial charge on any atom is -0.350 e. The van der Waals surface area contributed by atoms with E-state index < -0.39 is 0 Å². The second kappa shape index (κ2) is 7.62. The number of hydrogen-bond acceptors (Lipinski definition) is 3. The van der Waals surface area contributed by atoms with Crippen molar-refractivity contribution in [1.29, 1.82) is 0 Å². The molecule has 1 amide bonds. The highest BCUT2D eigenvalue weighted by molar-refractivity contribution is 5.83. The van der Waals surface area contributed by atoms with Crippen molar-refractivity contribution in [2.75, 3.05) is 13.1 Å².